The fourth-order valence-electron chi connectivity index (χ4n) is 8.41. The molecule has 6 aliphatic rings. The van der Waals surface area contributed by atoms with Crippen LogP contribution in [0.4, 0.5) is 0 Å². The van der Waals surface area contributed by atoms with Crippen LogP contribution in [-0.4, -0.2) is 114 Å². The molecule has 30 heteroatoms. The van der Waals surface area contributed by atoms with Crippen molar-refractivity contribution in [3.8, 4) is 11.5 Å². The number of oxazole rings is 2. The third-order valence-corrected chi connectivity index (χ3v) is 15.7. The summed E-state index contributed by atoms with van der Waals surface area (Å²) in [5.41, 5.74) is 10.3. The molecule has 0 unspecified atom stereocenters. The van der Waals surface area contributed by atoms with Gasteiger partial charge in [0.15, 0.2) is 29.9 Å². The fourth-order valence-corrected chi connectivity index (χ4v) is 9.90. The van der Waals surface area contributed by atoms with Crippen LogP contribution in [0.1, 0.15) is 238 Å². The second kappa shape index (κ2) is 139. The standard InChI is InChI=1S/C9H8.C8H6O.C7H6N2.C7H5NO.C7H5NS.C7H6O2.C5H5N.C5H6.C4H5N3.C4H4N2.C4H5N.C4H4O.C4H4S.C3H3N3.C3H4N2.C3H3NO.C3H3NS.C2H2N2O.15C2H6/c1-2-5-9-7-3-6-8(9)4-1;1-2-4-8-7(3-1)5-6-9-8;4*1-2-4-7-6(3-1)8-5-9-7;1-2-4-6-5-3-1;1-2-4-5-3-1;1-4-6-2-5-3-7-4;1-2-5-4-6-3-1;3*1-2-4-5-3-1;1-2-5-6-3-4-1;3*1-2-5-3-4-1;1-3-4-2-5-1;15*1-2/h1-6H,7H2;1-6H;1-4H,5H2;2*1-5H;1-4H,5H2;1-5H;1-4H,5H2;2-3H,1H3;1-4H;1,3-4H,2H2;2*1-4H;1-3H;1,3H,2H2;2*1-3H;1-2H;15*1-2H3. The second-order valence-electron chi connectivity index (χ2n) is 22.0. The summed E-state index contributed by atoms with van der Waals surface area (Å²) in [6.07, 6.45) is 56.0. The van der Waals surface area contributed by atoms with Crippen LogP contribution in [0, 0.1) is 6.92 Å². The van der Waals surface area contributed by atoms with Crippen molar-refractivity contribution >= 4 is 91.1 Å². The zero-order chi connectivity index (χ0) is 113. The summed E-state index contributed by atoms with van der Waals surface area (Å²) in [6, 6.07) is 64.9. The Morgan fingerprint density at radius 2 is 0.879 bits per heavy atom. The Balaban J connectivity index is -0.000000197. The zero-order valence-electron chi connectivity index (χ0n) is 94.6. The number of allylic oxidation sites excluding steroid dienone is 6. The lowest BCUT2D eigenvalue weighted by Gasteiger charge is -1.93. The molecule has 0 amide bonds. The highest BCUT2D eigenvalue weighted by Crippen LogP contribution is 2.30. The average molecular weight is 2090 g/mol. The van der Waals surface area contributed by atoms with Gasteiger partial charge >= 0.3 is 0 Å². The molecule has 27 nitrogen and oxygen atoms in total. The van der Waals surface area contributed by atoms with Crippen LogP contribution in [0.5, 0.6) is 11.5 Å². The summed E-state index contributed by atoms with van der Waals surface area (Å²) in [5.74, 6) is 2.45. The van der Waals surface area contributed by atoms with Crippen molar-refractivity contribution in [3.63, 3.8) is 0 Å². The lowest BCUT2D eigenvalue weighted by atomic mass is 10.1. The van der Waals surface area contributed by atoms with E-state index < -0.39 is 0 Å². The van der Waals surface area contributed by atoms with Gasteiger partial charge in [0.2, 0.25) is 19.6 Å². The van der Waals surface area contributed by atoms with E-state index in [4.69, 9.17) is 18.3 Å². The highest BCUT2D eigenvalue weighted by molar-refractivity contribution is 7.16. The minimum absolute atomic E-state index is 0.360. The smallest absolute Gasteiger partial charge is 0.231 e. The maximum absolute atomic E-state index is 5.12. The molecule has 0 bridgehead atoms. The van der Waals surface area contributed by atoms with Crippen molar-refractivity contribution in [3.05, 3.63) is 423 Å². The molecule has 149 heavy (non-hydrogen) atoms. The summed E-state index contributed by atoms with van der Waals surface area (Å²) in [6.45, 7) is 63.6. The van der Waals surface area contributed by atoms with Crippen molar-refractivity contribution in [2.45, 2.75) is 234 Å². The van der Waals surface area contributed by atoms with Crippen LogP contribution in [-0.2, 0) is 6.42 Å². The lowest BCUT2D eigenvalue weighted by molar-refractivity contribution is 0.174. The molecule has 0 saturated heterocycles. The van der Waals surface area contributed by atoms with Crippen molar-refractivity contribution < 1.29 is 31.6 Å². The van der Waals surface area contributed by atoms with E-state index in [9.17, 15) is 0 Å². The molecular weight excluding hydrogens is 1920 g/mol. The predicted octanol–water partition coefficient (Wildman–Crippen LogP) is 34.6. The normalized spacial score (nSPS) is 9.44. The number of fused-ring (bicyclic) bond motifs is 6. The molecule has 6 aromatic carbocycles. The van der Waals surface area contributed by atoms with Crippen LogP contribution >= 0.6 is 34.0 Å². The van der Waals surface area contributed by atoms with Crippen molar-refractivity contribution in [2.75, 3.05) is 20.0 Å². The fraction of sp³-hybridized carbons (Fsp3) is 0.311. The Morgan fingerprint density at radius 1 is 0.322 bits per heavy atom. The number of thiophene rings is 1. The third kappa shape index (κ3) is 97.1. The Hall–Kier alpha value is -15.4. The number of furan rings is 2. The monoisotopic (exact) mass is 2090 g/mol. The van der Waals surface area contributed by atoms with Crippen molar-refractivity contribution in [1.82, 2.24) is 75.2 Å². The number of ether oxygens (including phenoxy) is 2. The molecule has 0 spiro atoms. The Morgan fingerprint density at radius 3 is 1.23 bits per heavy atom. The quantitative estimate of drug-likeness (QED) is 0.136. The molecule has 4 aliphatic heterocycles. The molecular formula is C119H174N20O7S3. The van der Waals surface area contributed by atoms with E-state index in [2.05, 4.69) is 180 Å². The Kier molecular flexibility index (Phi) is 141. The Bertz CT molecular complexity index is 4880. The first kappa shape index (κ1) is 151. The van der Waals surface area contributed by atoms with E-state index >= 15 is 0 Å². The second-order valence-corrected chi connectivity index (χ2v) is 24.4. The minimum Gasteiger partial charge on any atom is -0.473 e. The molecule has 24 rings (SSSR count). The molecule has 12 aromatic heterocycles. The first-order chi connectivity index (χ1) is 74.2. The summed E-state index contributed by atoms with van der Waals surface area (Å²) >= 11 is 4.99. The summed E-state index contributed by atoms with van der Waals surface area (Å²) < 4.78 is 35.0. The number of thiazole rings is 2. The molecule has 810 valence electrons. The van der Waals surface area contributed by atoms with Gasteiger partial charge in [-0.3, -0.25) is 29.9 Å². The molecule has 0 atom stereocenters. The van der Waals surface area contributed by atoms with Gasteiger partial charge in [-0.05, 0) is 133 Å². The van der Waals surface area contributed by atoms with E-state index in [-0.39, 0.29) is 0 Å². The summed E-state index contributed by atoms with van der Waals surface area (Å²) in [7, 11) is 0. The highest BCUT2D eigenvalue weighted by Gasteiger charge is 2.09. The number of pyridine rings is 1. The van der Waals surface area contributed by atoms with Crippen LogP contribution < -0.4 is 20.2 Å². The van der Waals surface area contributed by atoms with Crippen LogP contribution in [0.3, 0.4) is 0 Å². The predicted molar refractivity (Wildman–Crippen MR) is 639 cm³/mol. The minimum atomic E-state index is 0.360. The number of aliphatic imine (C=N–C) groups is 3. The zero-order valence-corrected chi connectivity index (χ0v) is 97.1. The number of benzene rings is 6. The van der Waals surface area contributed by atoms with Gasteiger partial charge in [-0.25, -0.2) is 49.8 Å². The number of nitrogens with zero attached hydrogens (tertiary/aromatic N) is 20. The molecule has 0 fully saturated rings. The first-order valence-electron chi connectivity index (χ1n) is 51.2. The molecule has 0 N–H and O–H groups in total. The number of aromatic nitrogens is 15. The largest absolute Gasteiger partial charge is 0.473 e. The summed E-state index contributed by atoms with van der Waals surface area (Å²) in [4.78, 5) is 60.7. The number of rotatable bonds is 0. The van der Waals surface area contributed by atoms with Gasteiger partial charge in [0.1, 0.15) is 61.5 Å². The van der Waals surface area contributed by atoms with Crippen LogP contribution in [0.25, 0.3) is 38.4 Å². The first-order valence-corrected chi connectivity index (χ1v) is 53.9. The van der Waals surface area contributed by atoms with Crippen molar-refractivity contribution in [1.29, 1.82) is 0 Å². The van der Waals surface area contributed by atoms with E-state index in [1.807, 2.05) is 412 Å². The lowest BCUT2D eigenvalue weighted by Crippen LogP contribution is -2.19. The van der Waals surface area contributed by atoms with Gasteiger partial charge in [0.25, 0.3) is 0 Å². The summed E-state index contributed by atoms with van der Waals surface area (Å²) in [5, 5.41) is 22.7. The van der Waals surface area contributed by atoms with E-state index in [1.165, 1.54) is 79.2 Å². The van der Waals surface area contributed by atoms with Crippen LogP contribution in [0.15, 0.2) is 443 Å². The third-order valence-electron chi connectivity index (χ3n) is 13.7. The molecule has 18 aromatic rings. The van der Waals surface area contributed by atoms with Crippen molar-refractivity contribution in [2.24, 2.45) is 25.0 Å². The van der Waals surface area contributed by atoms with Gasteiger partial charge in [-0.15, -0.1) is 38.0 Å². The van der Waals surface area contributed by atoms with Gasteiger partial charge < -0.3 is 31.6 Å². The molecule has 2 aliphatic carbocycles. The SMILES string of the molecule is C1=CCC=C1.C1=CN=CC1.C1=Cc2ccccc2C1.C1=NC=NC1.CC.CC.CC.CC.CC.CC.CC.CC.CC.CC.CC.CC.CC.CC.CC.Cc1ncncn1.c1ccc2c(c1)=NCN=2.c1ccc2c(c1)OCO2.c1ccc2occc2c1.c1ccc2ocnc2c1.c1ccc2scnc2c1.c1ccncc1.c1ccoc1.c1ccsc1.c1cncnc1.c1cnncn1.c1cocn1.c1cscn1.c1nnco1. The topological polar surface area (TPSA) is 339 Å². The van der Waals surface area contributed by atoms with Crippen LogP contribution in [0.2, 0.25) is 0 Å². The molecule has 0 saturated carbocycles. The number of para-hydroxylation sites is 8. The molecule has 0 radical (unpaired) electrons. The maximum Gasteiger partial charge on any atom is 0.231 e. The van der Waals surface area contributed by atoms with E-state index in [0.717, 1.165) is 81.4 Å². The average Bonchev–Trinajstić information content (AvgIpc) is 1.77. The van der Waals surface area contributed by atoms with E-state index in [1.54, 1.807) is 127 Å². The highest BCUT2D eigenvalue weighted by atomic mass is 32.1. The maximum atomic E-state index is 5.12. The Labute approximate surface area is 905 Å². The van der Waals surface area contributed by atoms with E-state index in [0.29, 0.717) is 13.5 Å². The van der Waals surface area contributed by atoms with Gasteiger partial charge in [0.05, 0.1) is 69.7 Å². The number of hydrogen-bond donors (Lipinski definition) is 0. The van der Waals surface area contributed by atoms with Gasteiger partial charge in [0, 0.05) is 73.0 Å². The number of hydrogen-bond acceptors (Lipinski definition) is 30. The molecule has 16 heterocycles. The van der Waals surface area contributed by atoms with Gasteiger partial charge in [-0.1, -0.05) is 359 Å². The van der Waals surface area contributed by atoms with Gasteiger partial charge in [-0.2, -0.15) is 16.4 Å². The number of aryl methyl sites for hydroxylation is 1.